The highest BCUT2D eigenvalue weighted by molar-refractivity contribution is 6.37. The van der Waals surface area contributed by atoms with E-state index in [1.54, 1.807) is 14.2 Å². The number of hydrogen-bond acceptors (Lipinski definition) is 8. The minimum absolute atomic E-state index is 0.0417. The molecule has 2 saturated carbocycles. The SMILES string of the molecule is COC(=O)C1CC1.COCCCc1cc(CN(C(=O)C2CCCNC2)C2CC2)cc(OC)c1.Cc1cc(Cl)c(OCCOc2ccccc2)c(Cl)c1. The summed E-state index contributed by atoms with van der Waals surface area (Å²) in [4.78, 5) is 25.5. The molecule has 2 aliphatic carbocycles. The van der Waals surface area contributed by atoms with Gasteiger partial charge in [0.15, 0.2) is 5.75 Å². The summed E-state index contributed by atoms with van der Waals surface area (Å²) in [6.07, 6.45) is 8.39. The Morgan fingerprint density at radius 2 is 1.50 bits per heavy atom. The highest BCUT2D eigenvalue weighted by atomic mass is 35.5. The number of esters is 1. The van der Waals surface area contributed by atoms with E-state index in [1.165, 1.54) is 18.2 Å². The number of nitrogens with zero attached hydrogens (tertiary/aromatic N) is 1. The summed E-state index contributed by atoms with van der Waals surface area (Å²) < 4.78 is 26.2. The number of carbonyl (C=O) groups excluding carboxylic acids is 2. The maximum absolute atomic E-state index is 13.1. The standard InChI is InChI=1S/C21H32N2O3.C15H14Cl2O2.C5H8O2/c1-25-10-4-5-16-11-17(13-20(12-16)26-2)15-23(19-7-8-19)21(24)18-6-3-9-22-14-18;1-11-9-13(16)15(14(17)10-11)19-8-7-18-12-5-3-2-4-6-12;1-7-5(6)4-2-3-4/h11-13,18-19,22H,3-10,14-15H2,1-2H3;2-6,9-10H,7-8H2,1H3;4H,2-3H2,1H3. The van der Waals surface area contributed by atoms with Crippen LogP contribution >= 0.6 is 23.2 Å². The predicted octanol–water partition coefficient (Wildman–Crippen LogP) is 8.09. The number of hydrogen-bond donors (Lipinski definition) is 1. The highest BCUT2D eigenvalue weighted by Gasteiger charge is 2.36. The first kappa shape index (κ1) is 41.3. The zero-order chi connectivity index (χ0) is 37.3. The van der Waals surface area contributed by atoms with Crippen LogP contribution in [0.4, 0.5) is 0 Å². The van der Waals surface area contributed by atoms with E-state index >= 15 is 0 Å². The monoisotopic (exact) mass is 756 g/mol. The molecule has 3 fully saturated rings. The number of nitrogens with one attached hydrogen (secondary N) is 1. The van der Waals surface area contributed by atoms with Gasteiger partial charge >= 0.3 is 5.97 Å². The number of ether oxygens (including phenoxy) is 5. The lowest BCUT2D eigenvalue weighted by atomic mass is 9.97. The Morgan fingerprint density at radius 1 is 0.808 bits per heavy atom. The van der Waals surface area contributed by atoms with Gasteiger partial charge in [0.05, 0.1) is 36.1 Å². The van der Waals surface area contributed by atoms with Crippen molar-refractivity contribution in [2.75, 3.05) is 54.2 Å². The molecule has 0 radical (unpaired) electrons. The number of carbonyl (C=O) groups is 2. The topological polar surface area (TPSA) is 95.6 Å². The van der Waals surface area contributed by atoms with Gasteiger partial charge in [0.25, 0.3) is 0 Å². The number of methoxy groups -OCH3 is 3. The van der Waals surface area contributed by atoms with Gasteiger partial charge in [-0.25, -0.2) is 0 Å². The van der Waals surface area contributed by atoms with Crippen LogP contribution in [0.3, 0.4) is 0 Å². The fourth-order valence-electron chi connectivity index (χ4n) is 5.90. The van der Waals surface area contributed by atoms with Crippen molar-refractivity contribution in [1.29, 1.82) is 0 Å². The Labute approximate surface area is 319 Å². The molecule has 3 aromatic carbocycles. The maximum atomic E-state index is 13.1. The van der Waals surface area contributed by atoms with Crippen molar-refractivity contribution in [2.24, 2.45) is 11.8 Å². The van der Waals surface area contributed by atoms with Crippen LogP contribution in [0, 0.1) is 18.8 Å². The molecule has 1 atom stereocenters. The van der Waals surface area contributed by atoms with Gasteiger partial charge in [0.2, 0.25) is 5.91 Å². The van der Waals surface area contributed by atoms with Crippen LogP contribution in [-0.2, 0) is 32.0 Å². The first-order valence-corrected chi connectivity index (χ1v) is 19.0. The van der Waals surface area contributed by atoms with Crippen LogP contribution in [0.1, 0.15) is 61.6 Å². The molecule has 0 aromatic heterocycles. The van der Waals surface area contributed by atoms with Crippen molar-refractivity contribution in [3.8, 4) is 17.2 Å². The van der Waals surface area contributed by atoms with Crippen molar-refractivity contribution in [3.05, 3.63) is 87.4 Å². The van der Waals surface area contributed by atoms with E-state index in [-0.39, 0.29) is 17.8 Å². The van der Waals surface area contributed by atoms with E-state index in [0.717, 1.165) is 88.1 Å². The lowest BCUT2D eigenvalue weighted by Crippen LogP contribution is -2.43. The molecule has 3 aliphatic rings. The van der Waals surface area contributed by atoms with E-state index in [9.17, 15) is 9.59 Å². The first-order chi connectivity index (χ1) is 25.2. The molecule has 1 aliphatic heterocycles. The number of amides is 1. The molecule has 284 valence electrons. The van der Waals surface area contributed by atoms with Gasteiger partial charge in [0, 0.05) is 32.8 Å². The van der Waals surface area contributed by atoms with E-state index in [2.05, 4.69) is 33.2 Å². The number of aryl methyl sites for hydroxylation is 2. The van der Waals surface area contributed by atoms with Gasteiger partial charge < -0.3 is 33.9 Å². The summed E-state index contributed by atoms with van der Waals surface area (Å²) >= 11 is 12.2. The Morgan fingerprint density at radius 3 is 2.08 bits per heavy atom. The second kappa shape index (κ2) is 21.9. The Balaban J connectivity index is 0.000000202. The third-order valence-corrected chi connectivity index (χ3v) is 9.50. The quantitative estimate of drug-likeness (QED) is 0.123. The molecular weight excluding hydrogens is 703 g/mol. The summed E-state index contributed by atoms with van der Waals surface area (Å²) in [7, 11) is 4.87. The molecule has 1 amide bonds. The van der Waals surface area contributed by atoms with E-state index in [0.29, 0.717) is 47.5 Å². The van der Waals surface area contributed by atoms with Gasteiger partial charge in [-0.1, -0.05) is 47.5 Å². The molecule has 9 nitrogen and oxygen atoms in total. The van der Waals surface area contributed by atoms with Crippen LogP contribution in [0.5, 0.6) is 17.2 Å². The fraction of sp³-hybridized carbons (Fsp3) is 0.512. The molecule has 52 heavy (non-hydrogen) atoms. The third-order valence-electron chi connectivity index (χ3n) is 8.94. The van der Waals surface area contributed by atoms with Crippen LogP contribution in [0.2, 0.25) is 10.0 Å². The lowest BCUT2D eigenvalue weighted by Gasteiger charge is -2.30. The summed E-state index contributed by atoms with van der Waals surface area (Å²) in [5.74, 6) is 2.86. The van der Waals surface area contributed by atoms with Gasteiger partial charge in [-0.15, -0.1) is 0 Å². The largest absolute Gasteiger partial charge is 0.497 e. The van der Waals surface area contributed by atoms with Crippen molar-refractivity contribution < 1.29 is 33.3 Å². The molecule has 1 saturated heterocycles. The van der Waals surface area contributed by atoms with E-state index in [1.807, 2.05) is 49.4 Å². The van der Waals surface area contributed by atoms with Crippen molar-refractivity contribution in [3.63, 3.8) is 0 Å². The number of rotatable bonds is 15. The number of para-hydroxylation sites is 1. The van der Waals surface area contributed by atoms with Gasteiger partial charge in [-0.3, -0.25) is 9.59 Å². The van der Waals surface area contributed by atoms with E-state index in [4.69, 9.17) is 42.1 Å². The van der Waals surface area contributed by atoms with Crippen LogP contribution in [0.25, 0.3) is 0 Å². The summed E-state index contributed by atoms with van der Waals surface area (Å²) in [5, 5.41) is 4.41. The Hall–Kier alpha value is -3.50. The zero-order valence-electron chi connectivity index (χ0n) is 31.0. The second-order valence-electron chi connectivity index (χ2n) is 13.4. The maximum Gasteiger partial charge on any atom is 0.308 e. The Bertz CT molecular complexity index is 1520. The summed E-state index contributed by atoms with van der Waals surface area (Å²) in [5.41, 5.74) is 3.42. The average Bonchev–Trinajstić information content (AvgIpc) is 4.09. The lowest BCUT2D eigenvalue weighted by molar-refractivity contribution is -0.142. The molecule has 0 bridgehead atoms. The van der Waals surface area contributed by atoms with Gasteiger partial charge in [-0.05, 0) is 118 Å². The normalized spacial score (nSPS) is 16.3. The summed E-state index contributed by atoms with van der Waals surface area (Å²) in [6, 6.07) is 20.0. The molecule has 1 heterocycles. The molecule has 1 unspecified atom stereocenters. The van der Waals surface area contributed by atoms with Crippen LogP contribution in [0.15, 0.2) is 60.7 Å². The fourth-order valence-corrected chi connectivity index (χ4v) is 6.61. The minimum atomic E-state index is -0.0417. The number of piperidine rings is 1. The molecule has 11 heteroatoms. The van der Waals surface area contributed by atoms with Crippen molar-refractivity contribution in [1.82, 2.24) is 10.2 Å². The molecule has 6 rings (SSSR count). The van der Waals surface area contributed by atoms with Gasteiger partial charge in [0.1, 0.15) is 24.7 Å². The number of halogens is 2. The predicted molar refractivity (Wildman–Crippen MR) is 206 cm³/mol. The Kier molecular flexibility index (Phi) is 17.4. The smallest absolute Gasteiger partial charge is 0.308 e. The van der Waals surface area contributed by atoms with E-state index < -0.39 is 0 Å². The summed E-state index contributed by atoms with van der Waals surface area (Å²) in [6.45, 7) is 6.06. The highest BCUT2D eigenvalue weighted by Crippen LogP contribution is 2.34. The molecular formula is C41H54Cl2N2O7. The minimum Gasteiger partial charge on any atom is -0.497 e. The zero-order valence-corrected chi connectivity index (χ0v) is 32.5. The number of benzene rings is 3. The molecule has 3 aromatic rings. The van der Waals surface area contributed by atoms with Crippen molar-refractivity contribution >= 4 is 35.1 Å². The molecule has 1 N–H and O–H groups in total. The van der Waals surface area contributed by atoms with Gasteiger partial charge in [-0.2, -0.15) is 0 Å². The third kappa shape index (κ3) is 14.1. The van der Waals surface area contributed by atoms with Crippen LogP contribution < -0.4 is 19.5 Å². The average molecular weight is 758 g/mol. The van der Waals surface area contributed by atoms with Crippen molar-refractivity contribution in [2.45, 2.75) is 70.9 Å². The van der Waals surface area contributed by atoms with Crippen LogP contribution in [-0.4, -0.2) is 77.1 Å². The second-order valence-corrected chi connectivity index (χ2v) is 14.2. The molecule has 0 spiro atoms. The first-order valence-electron chi connectivity index (χ1n) is 18.2.